The van der Waals surface area contributed by atoms with E-state index in [1.54, 1.807) is 25.1 Å². The van der Waals surface area contributed by atoms with Crippen molar-refractivity contribution < 1.29 is 13.2 Å². The molecule has 0 saturated carbocycles. The van der Waals surface area contributed by atoms with Crippen LogP contribution in [0.2, 0.25) is 0 Å². The van der Waals surface area contributed by atoms with E-state index < -0.39 is 10.0 Å². The Kier molecular flexibility index (Phi) is 4.94. The summed E-state index contributed by atoms with van der Waals surface area (Å²) in [6.07, 6.45) is 1.08. The van der Waals surface area contributed by atoms with Crippen molar-refractivity contribution in [1.29, 1.82) is 0 Å². The van der Waals surface area contributed by atoms with Crippen molar-refractivity contribution in [3.8, 4) is 0 Å². The first-order valence-corrected chi connectivity index (χ1v) is 7.95. The summed E-state index contributed by atoms with van der Waals surface area (Å²) in [6.45, 7) is 6.38. The standard InChI is InChI=1S/C13H20N2O3S/c1-9(2)8-14-13(16)11-6-5-10(3)12(7-11)15-19(4,17)18/h5-7,9,15H,8H2,1-4H3,(H,14,16). The first-order chi connectivity index (χ1) is 8.69. The van der Waals surface area contributed by atoms with Gasteiger partial charge in [-0.2, -0.15) is 0 Å². The van der Waals surface area contributed by atoms with E-state index in [9.17, 15) is 13.2 Å². The number of amides is 1. The lowest BCUT2D eigenvalue weighted by atomic mass is 10.1. The molecule has 6 heteroatoms. The quantitative estimate of drug-likeness (QED) is 0.865. The molecular formula is C13H20N2O3S. The van der Waals surface area contributed by atoms with E-state index in [0.717, 1.165) is 11.8 Å². The molecule has 1 amide bonds. The third-order valence-electron chi connectivity index (χ3n) is 2.47. The van der Waals surface area contributed by atoms with Crippen molar-refractivity contribution in [2.24, 2.45) is 5.92 Å². The molecule has 0 spiro atoms. The van der Waals surface area contributed by atoms with Gasteiger partial charge < -0.3 is 5.32 Å². The van der Waals surface area contributed by atoms with Crippen LogP contribution in [0.3, 0.4) is 0 Å². The maximum absolute atomic E-state index is 11.9. The smallest absolute Gasteiger partial charge is 0.251 e. The lowest BCUT2D eigenvalue weighted by Crippen LogP contribution is -2.27. The second kappa shape index (κ2) is 6.06. The van der Waals surface area contributed by atoms with E-state index >= 15 is 0 Å². The SMILES string of the molecule is Cc1ccc(C(=O)NCC(C)C)cc1NS(C)(=O)=O. The molecule has 0 aliphatic rings. The molecule has 0 bridgehead atoms. The number of anilines is 1. The van der Waals surface area contributed by atoms with E-state index in [1.165, 1.54) is 0 Å². The van der Waals surface area contributed by atoms with Crippen LogP contribution in [-0.2, 0) is 10.0 Å². The Morgan fingerprint density at radius 1 is 1.32 bits per heavy atom. The Bertz CT molecular complexity index is 565. The van der Waals surface area contributed by atoms with Gasteiger partial charge in [0.05, 0.1) is 11.9 Å². The topological polar surface area (TPSA) is 75.3 Å². The summed E-state index contributed by atoms with van der Waals surface area (Å²) in [5.41, 5.74) is 1.64. The number of carbonyl (C=O) groups is 1. The number of aryl methyl sites for hydroxylation is 1. The average Bonchev–Trinajstić information content (AvgIpc) is 2.27. The Morgan fingerprint density at radius 3 is 2.47 bits per heavy atom. The van der Waals surface area contributed by atoms with Crippen LogP contribution >= 0.6 is 0 Å². The second-order valence-electron chi connectivity index (χ2n) is 5.01. The molecule has 0 fully saturated rings. The van der Waals surface area contributed by atoms with Crippen LogP contribution in [0.1, 0.15) is 29.8 Å². The number of hydrogen-bond acceptors (Lipinski definition) is 3. The molecule has 0 radical (unpaired) electrons. The Hall–Kier alpha value is -1.56. The molecule has 0 atom stereocenters. The minimum absolute atomic E-state index is 0.203. The molecule has 0 saturated heterocycles. The van der Waals surface area contributed by atoms with Crippen LogP contribution in [0.4, 0.5) is 5.69 Å². The van der Waals surface area contributed by atoms with Crippen molar-refractivity contribution in [1.82, 2.24) is 5.32 Å². The van der Waals surface area contributed by atoms with Crippen LogP contribution in [0.25, 0.3) is 0 Å². The van der Waals surface area contributed by atoms with E-state index in [1.807, 2.05) is 13.8 Å². The first kappa shape index (κ1) is 15.5. The van der Waals surface area contributed by atoms with Crippen molar-refractivity contribution in [2.75, 3.05) is 17.5 Å². The fraction of sp³-hybridized carbons (Fsp3) is 0.462. The highest BCUT2D eigenvalue weighted by molar-refractivity contribution is 7.92. The zero-order valence-corrected chi connectivity index (χ0v) is 12.5. The van der Waals surface area contributed by atoms with Crippen LogP contribution in [0, 0.1) is 12.8 Å². The molecule has 5 nitrogen and oxygen atoms in total. The molecule has 2 N–H and O–H groups in total. The summed E-state index contributed by atoms with van der Waals surface area (Å²) in [5, 5.41) is 2.79. The second-order valence-corrected chi connectivity index (χ2v) is 6.76. The van der Waals surface area contributed by atoms with Gasteiger partial charge in [-0.1, -0.05) is 19.9 Å². The maximum Gasteiger partial charge on any atom is 0.251 e. The summed E-state index contributed by atoms with van der Waals surface area (Å²) in [6, 6.07) is 4.95. The first-order valence-electron chi connectivity index (χ1n) is 6.05. The van der Waals surface area contributed by atoms with Gasteiger partial charge in [-0.3, -0.25) is 9.52 Å². The highest BCUT2D eigenvalue weighted by Crippen LogP contribution is 2.18. The molecule has 19 heavy (non-hydrogen) atoms. The summed E-state index contributed by atoms with van der Waals surface area (Å²) >= 11 is 0. The highest BCUT2D eigenvalue weighted by Gasteiger charge is 2.10. The minimum Gasteiger partial charge on any atom is -0.352 e. The average molecular weight is 284 g/mol. The van der Waals surface area contributed by atoms with Crippen LogP contribution in [0.5, 0.6) is 0 Å². The van der Waals surface area contributed by atoms with Gasteiger partial charge in [0.1, 0.15) is 0 Å². The zero-order chi connectivity index (χ0) is 14.6. The van der Waals surface area contributed by atoms with Crippen molar-refractivity contribution in [2.45, 2.75) is 20.8 Å². The van der Waals surface area contributed by atoms with E-state index in [4.69, 9.17) is 0 Å². The van der Waals surface area contributed by atoms with Crippen molar-refractivity contribution in [3.63, 3.8) is 0 Å². The number of hydrogen-bond donors (Lipinski definition) is 2. The van der Waals surface area contributed by atoms with Gasteiger partial charge >= 0.3 is 0 Å². The lowest BCUT2D eigenvalue weighted by molar-refractivity contribution is 0.0949. The zero-order valence-electron chi connectivity index (χ0n) is 11.6. The monoisotopic (exact) mass is 284 g/mol. The minimum atomic E-state index is -3.35. The normalized spacial score (nSPS) is 11.4. The van der Waals surface area contributed by atoms with E-state index in [0.29, 0.717) is 23.7 Å². The van der Waals surface area contributed by atoms with Crippen LogP contribution in [-0.4, -0.2) is 27.1 Å². The summed E-state index contributed by atoms with van der Waals surface area (Å²) in [4.78, 5) is 11.9. The molecule has 1 aromatic rings. The summed E-state index contributed by atoms with van der Waals surface area (Å²) in [5.74, 6) is 0.160. The molecule has 106 valence electrons. The van der Waals surface area contributed by atoms with Gasteiger partial charge in [0.15, 0.2) is 0 Å². The highest BCUT2D eigenvalue weighted by atomic mass is 32.2. The van der Waals surface area contributed by atoms with Gasteiger partial charge in [0, 0.05) is 12.1 Å². The lowest BCUT2D eigenvalue weighted by Gasteiger charge is -2.11. The third-order valence-corrected chi connectivity index (χ3v) is 3.06. The van der Waals surface area contributed by atoms with E-state index in [2.05, 4.69) is 10.0 Å². The molecule has 1 rings (SSSR count). The van der Waals surface area contributed by atoms with E-state index in [-0.39, 0.29) is 5.91 Å². The van der Waals surface area contributed by atoms with Crippen molar-refractivity contribution >= 4 is 21.6 Å². The van der Waals surface area contributed by atoms with Gasteiger partial charge in [-0.05, 0) is 30.5 Å². The number of benzene rings is 1. The van der Waals surface area contributed by atoms with Gasteiger partial charge in [-0.25, -0.2) is 8.42 Å². The predicted octanol–water partition coefficient (Wildman–Crippen LogP) is 1.75. The Morgan fingerprint density at radius 2 is 1.95 bits per heavy atom. The predicted molar refractivity (Wildman–Crippen MR) is 76.8 cm³/mol. The molecule has 1 aromatic carbocycles. The molecule has 0 aliphatic carbocycles. The molecule has 0 heterocycles. The van der Waals surface area contributed by atoms with Gasteiger partial charge in [-0.15, -0.1) is 0 Å². The van der Waals surface area contributed by atoms with Crippen molar-refractivity contribution in [3.05, 3.63) is 29.3 Å². The number of rotatable bonds is 5. The molecule has 0 unspecified atom stereocenters. The summed E-state index contributed by atoms with van der Waals surface area (Å²) < 4.78 is 24.9. The van der Waals surface area contributed by atoms with Crippen LogP contribution in [0.15, 0.2) is 18.2 Å². The molecule has 0 aliphatic heterocycles. The van der Waals surface area contributed by atoms with Gasteiger partial charge in [0.25, 0.3) is 5.91 Å². The number of nitrogens with one attached hydrogen (secondary N) is 2. The maximum atomic E-state index is 11.9. The van der Waals surface area contributed by atoms with Gasteiger partial charge in [0.2, 0.25) is 10.0 Å². The fourth-order valence-electron chi connectivity index (χ4n) is 1.47. The Balaban J connectivity index is 2.92. The Labute approximate surface area is 114 Å². The summed E-state index contributed by atoms with van der Waals surface area (Å²) in [7, 11) is -3.35. The largest absolute Gasteiger partial charge is 0.352 e. The molecular weight excluding hydrogens is 264 g/mol. The number of carbonyl (C=O) groups excluding carboxylic acids is 1. The third kappa shape index (κ3) is 5.30. The van der Waals surface area contributed by atoms with Crippen LogP contribution < -0.4 is 10.0 Å². The molecule has 0 aromatic heterocycles. The number of sulfonamides is 1. The fourth-order valence-corrected chi connectivity index (χ4v) is 2.09.